The second-order valence-corrected chi connectivity index (χ2v) is 5.87. The summed E-state index contributed by atoms with van der Waals surface area (Å²) in [7, 11) is 0. The van der Waals surface area contributed by atoms with Crippen LogP contribution < -0.4 is 5.32 Å². The van der Waals surface area contributed by atoms with E-state index < -0.39 is 0 Å². The molecule has 0 fully saturated rings. The highest BCUT2D eigenvalue weighted by molar-refractivity contribution is 5.21. The predicted molar refractivity (Wildman–Crippen MR) is 87.9 cm³/mol. The average Bonchev–Trinajstić information content (AvgIpc) is 2.46. The molecule has 2 nitrogen and oxygen atoms in total. The first-order valence-corrected chi connectivity index (χ1v) is 8.40. The van der Waals surface area contributed by atoms with E-state index in [4.69, 9.17) is 0 Å². The number of hydrogen-bond donors (Lipinski definition) is 1. The maximum Gasteiger partial charge on any atom is 0.0300 e. The summed E-state index contributed by atoms with van der Waals surface area (Å²) in [4.78, 5) is 4.17. The molecule has 0 aliphatic carbocycles. The van der Waals surface area contributed by atoms with E-state index >= 15 is 0 Å². The SMILES string of the molecule is CCCCCC(CCCCC)NCc1ccncc1C. The molecular weight excluding hydrogens is 244 g/mol. The van der Waals surface area contributed by atoms with E-state index in [1.165, 1.54) is 62.5 Å². The lowest BCUT2D eigenvalue weighted by Crippen LogP contribution is -2.29. The van der Waals surface area contributed by atoms with Crippen LogP contribution in [0.15, 0.2) is 18.5 Å². The standard InChI is InChI=1S/C18H32N2/c1-4-6-8-10-18(11-9-7-5-2)20-15-17-12-13-19-14-16(17)3/h12-14,18,20H,4-11,15H2,1-3H3. The fourth-order valence-corrected chi connectivity index (χ4v) is 2.58. The van der Waals surface area contributed by atoms with Crippen molar-refractivity contribution in [2.75, 3.05) is 0 Å². The van der Waals surface area contributed by atoms with Crippen molar-refractivity contribution >= 4 is 0 Å². The molecule has 1 aromatic rings. The molecular formula is C18H32N2. The van der Waals surface area contributed by atoms with Crippen molar-refractivity contribution in [2.45, 2.75) is 84.7 Å². The molecule has 1 heterocycles. The molecule has 2 heteroatoms. The Kier molecular flexibility index (Phi) is 9.31. The molecule has 0 aliphatic heterocycles. The van der Waals surface area contributed by atoms with Gasteiger partial charge in [0, 0.05) is 25.0 Å². The number of hydrogen-bond acceptors (Lipinski definition) is 2. The minimum Gasteiger partial charge on any atom is -0.310 e. The number of pyridine rings is 1. The van der Waals surface area contributed by atoms with Crippen LogP contribution in [-0.4, -0.2) is 11.0 Å². The summed E-state index contributed by atoms with van der Waals surface area (Å²) >= 11 is 0. The number of rotatable bonds is 11. The Morgan fingerprint density at radius 2 is 1.70 bits per heavy atom. The van der Waals surface area contributed by atoms with Crippen LogP contribution >= 0.6 is 0 Å². The molecule has 0 atom stereocenters. The van der Waals surface area contributed by atoms with Crippen LogP contribution in [0, 0.1) is 6.92 Å². The van der Waals surface area contributed by atoms with Crippen LogP contribution in [0.25, 0.3) is 0 Å². The van der Waals surface area contributed by atoms with Crippen LogP contribution in [-0.2, 0) is 6.54 Å². The van der Waals surface area contributed by atoms with Gasteiger partial charge in [0.25, 0.3) is 0 Å². The molecule has 114 valence electrons. The van der Waals surface area contributed by atoms with Gasteiger partial charge in [-0.1, -0.05) is 52.4 Å². The van der Waals surface area contributed by atoms with E-state index in [1.54, 1.807) is 0 Å². The first-order chi connectivity index (χ1) is 9.77. The topological polar surface area (TPSA) is 24.9 Å². The first-order valence-electron chi connectivity index (χ1n) is 8.40. The van der Waals surface area contributed by atoms with Crippen molar-refractivity contribution in [3.8, 4) is 0 Å². The highest BCUT2D eigenvalue weighted by Crippen LogP contribution is 2.13. The molecule has 0 radical (unpaired) electrons. The number of unbranched alkanes of at least 4 members (excludes halogenated alkanes) is 4. The highest BCUT2D eigenvalue weighted by atomic mass is 14.9. The normalized spacial score (nSPS) is 11.2. The van der Waals surface area contributed by atoms with Crippen molar-refractivity contribution in [2.24, 2.45) is 0 Å². The summed E-state index contributed by atoms with van der Waals surface area (Å²) in [5.41, 5.74) is 2.68. The summed E-state index contributed by atoms with van der Waals surface area (Å²) in [6, 6.07) is 2.82. The van der Waals surface area contributed by atoms with Crippen molar-refractivity contribution in [1.82, 2.24) is 10.3 Å². The van der Waals surface area contributed by atoms with Gasteiger partial charge in [0.05, 0.1) is 0 Å². The molecule has 0 bridgehead atoms. The highest BCUT2D eigenvalue weighted by Gasteiger charge is 2.08. The number of aryl methyl sites for hydroxylation is 1. The Bertz CT molecular complexity index is 339. The van der Waals surface area contributed by atoms with E-state index in [1.807, 2.05) is 12.4 Å². The van der Waals surface area contributed by atoms with Gasteiger partial charge < -0.3 is 5.32 Å². The van der Waals surface area contributed by atoms with Gasteiger partial charge in [0.1, 0.15) is 0 Å². The van der Waals surface area contributed by atoms with E-state index in [2.05, 4.69) is 37.1 Å². The number of aromatic nitrogens is 1. The summed E-state index contributed by atoms with van der Waals surface area (Å²) in [6.07, 6.45) is 14.6. The second kappa shape index (κ2) is 10.8. The lowest BCUT2D eigenvalue weighted by molar-refractivity contribution is 0.417. The fourth-order valence-electron chi connectivity index (χ4n) is 2.58. The quantitative estimate of drug-likeness (QED) is 0.575. The molecule has 0 amide bonds. The van der Waals surface area contributed by atoms with Crippen molar-refractivity contribution in [3.63, 3.8) is 0 Å². The predicted octanol–water partition coefficient (Wildman–Crippen LogP) is 5.01. The van der Waals surface area contributed by atoms with E-state index in [0.717, 1.165) is 6.54 Å². The van der Waals surface area contributed by atoms with Gasteiger partial charge in [-0.15, -0.1) is 0 Å². The van der Waals surface area contributed by atoms with Gasteiger partial charge >= 0.3 is 0 Å². The molecule has 0 saturated heterocycles. The van der Waals surface area contributed by atoms with E-state index in [9.17, 15) is 0 Å². The van der Waals surface area contributed by atoms with Gasteiger partial charge in [-0.3, -0.25) is 4.98 Å². The summed E-state index contributed by atoms with van der Waals surface area (Å²) in [6.45, 7) is 7.68. The van der Waals surface area contributed by atoms with Crippen molar-refractivity contribution in [3.05, 3.63) is 29.6 Å². The van der Waals surface area contributed by atoms with Crippen LogP contribution in [0.1, 0.15) is 76.3 Å². The van der Waals surface area contributed by atoms with E-state index in [-0.39, 0.29) is 0 Å². The maximum atomic E-state index is 4.17. The maximum absolute atomic E-state index is 4.17. The van der Waals surface area contributed by atoms with Crippen molar-refractivity contribution < 1.29 is 0 Å². The molecule has 1 rings (SSSR count). The molecule has 1 aromatic heterocycles. The van der Waals surface area contributed by atoms with Gasteiger partial charge in [0.2, 0.25) is 0 Å². The lowest BCUT2D eigenvalue weighted by Gasteiger charge is -2.19. The average molecular weight is 276 g/mol. The monoisotopic (exact) mass is 276 g/mol. The Hall–Kier alpha value is -0.890. The minimum absolute atomic E-state index is 0.681. The minimum atomic E-state index is 0.681. The summed E-state index contributed by atoms with van der Waals surface area (Å²) in [5, 5.41) is 3.77. The van der Waals surface area contributed by atoms with Gasteiger partial charge in [-0.2, -0.15) is 0 Å². The lowest BCUT2D eigenvalue weighted by atomic mass is 10.0. The van der Waals surface area contributed by atoms with Gasteiger partial charge in [0.15, 0.2) is 0 Å². The molecule has 0 unspecified atom stereocenters. The number of nitrogens with one attached hydrogen (secondary N) is 1. The summed E-state index contributed by atoms with van der Waals surface area (Å²) < 4.78 is 0. The Morgan fingerprint density at radius 3 is 2.25 bits per heavy atom. The zero-order valence-corrected chi connectivity index (χ0v) is 13.6. The first kappa shape index (κ1) is 17.2. The third kappa shape index (κ3) is 7.04. The molecule has 0 aliphatic rings. The molecule has 0 spiro atoms. The van der Waals surface area contributed by atoms with Crippen molar-refractivity contribution in [1.29, 1.82) is 0 Å². The smallest absolute Gasteiger partial charge is 0.0300 e. The van der Waals surface area contributed by atoms with Crippen LogP contribution in [0.5, 0.6) is 0 Å². The molecule has 0 aromatic carbocycles. The third-order valence-corrected chi connectivity index (χ3v) is 4.03. The Balaban J connectivity index is 2.39. The van der Waals surface area contributed by atoms with Crippen LogP contribution in [0.2, 0.25) is 0 Å². The molecule has 20 heavy (non-hydrogen) atoms. The van der Waals surface area contributed by atoms with E-state index in [0.29, 0.717) is 6.04 Å². The van der Waals surface area contributed by atoms with Gasteiger partial charge in [-0.25, -0.2) is 0 Å². The zero-order chi connectivity index (χ0) is 14.6. The Labute approximate surface area is 125 Å². The fraction of sp³-hybridized carbons (Fsp3) is 0.722. The second-order valence-electron chi connectivity index (χ2n) is 5.87. The Morgan fingerprint density at radius 1 is 1.05 bits per heavy atom. The third-order valence-electron chi connectivity index (χ3n) is 4.03. The molecule has 1 N–H and O–H groups in total. The van der Waals surface area contributed by atoms with Gasteiger partial charge in [-0.05, 0) is 37.0 Å². The zero-order valence-electron chi connectivity index (χ0n) is 13.6. The van der Waals surface area contributed by atoms with Crippen LogP contribution in [0.4, 0.5) is 0 Å². The molecule has 0 saturated carbocycles. The van der Waals surface area contributed by atoms with Crippen LogP contribution in [0.3, 0.4) is 0 Å². The largest absolute Gasteiger partial charge is 0.310 e. The summed E-state index contributed by atoms with van der Waals surface area (Å²) in [5.74, 6) is 0. The number of nitrogens with zero attached hydrogens (tertiary/aromatic N) is 1.